The molecule has 1 rings (SSSR count). The fourth-order valence-electron chi connectivity index (χ4n) is 1.42. The van der Waals surface area contributed by atoms with Gasteiger partial charge in [-0.1, -0.05) is 24.6 Å². The van der Waals surface area contributed by atoms with E-state index in [0.29, 0.717) is 17.1 Å². The van der Waals surface area contributed by atoms with Gasteiger partial charge in [0.15, 0.2) is 9.84 Å². The molecule has 0 aliphatic rings. The third kappa shape index (κ3) is 3.89. The number of benzene rings is 1. The molecule has 0 N–H and O–H groups in total. The maximum Gasteiger partial charge on any atom is 0.182 e. The maximum absolute atomic E-state index is 12.0. The molecule has 0 fully saturated rings. The molecule has 0 aliphatic carbocycles. The minimum Gasteiger partial charge on any atom is -0.501 e. The lowest BCUT2D eigenvalue weighted by Crippen LogP contribution is -2.05. The number of ether oxygens (including phenoxy) is 1. The zero-order chi connectivity index (χ0) is 12.9. The monoisotopic (exact) mass is 254 g/mol. The van der Waals surface area contributed by atoms with Gasteiger partial charge in [0.1, 0.15) is 0 Å². The largest absolute Gasteiger partial charge is 0.501 e. The average molecular weight is 254 g/mol. The molecule has 0 atom stereocenters. The lowest BCUT2D eigenvalue weighted by Gasteiger charge is -2.04. The van der Waals surface area contributed by atoms with Crippen molar-refractivity contribution in [1.82, 2.24) is 0 Å². The van der Waals surface area contributed by atoms with Gasteiger partial charge in [-0.05, 0) is 25.1 Å². The molecule has 0 bridgehead atoms. The summed E-state index contributed by atoms with van der Waals surface area (Å²) in [5, 5.41) is 0. The van der Waals surface area contributed by atoms with Crippen LogP contribution in [0.3, 0.4) is 0 Å². The van der Waals surface area contributed by atoms with Crippen LogP contribution in [0.15, 0.2) is 41.0 Å². The third-order valence-corrected chi connectivity index (χ3v) is 4.12. The normalized spacial score (nSPS) is 12.5. The van der Waals surface area contributed by atoms with Crippen molar-refractivity contribution >= 4 is 9.84 Å². The molecule has 0 radical (unpaired) electrons. The number of methoxy groups -OCH3 is 1. The first-order valence-corrected chi connectivity index (χ1v) is 7.17. The highest BCUT2D eigenvalue weighted by Crippen LogP contribution is 2.13. The summed E-state index contributed by atoms with van der Waals surface area (Å²) < 4.78 is 29.0. The smallest absolute Gasteiger partial charge is 0.182 e. The van der Waals surface area contributed by atoms with E-state index < -0.39 is 9.84 Å². The number of rotatable bonds is 5. The Morgan fingerprint density at radius 1 is 1.29 bits per heavy atom. The van der Waals surface area contributed by atoms with Crippen molar-refractivity contribution in [3.8, 4) is 0 Å². The van der Waals surface area contributed by atoms with E-state index >= 15 is 0 Å². The Hall–Kier alpha value is -1.29. The fourth-order valence-corrected chi connectivity index (χ4v) is 2.57. The van der Waals surface area contributed by atoms with Gasteiger partial charge in [-0.25, -0.2) is 8.42 Å². The highest BCUT2D eigenvalue weighted by Gasteiger charge is 2.12. The number of sulfone groups is 1. The van der Waals surface area contributed by atoms with Gasteiger partial charge < -0.3 is 4.74 Å². The molecule has 94 valence electrons. The second kappa shape index (κ2) is 5.87. The summed E-state index contributed by atoms with van der Waals surface area (Å²) >= 11 is 0. The first-order valence-electron chi connectivity index (χ1n) is 5.52. The lowest BCUT2D eigenvalue weighted by molar-refractivity contribution is 0.280. The summed E-state index contributed by atoms with van der Waals surface area (Å²) in [7, 11) is -1.70. The van der Waals surface area contributed by atoms with E-state index in [1.165, 1.54) is 0 Å². The molecular weight excluding hydrogens is 236 g/mol. The Kier molecular flexibility index (Phi) is 4.75. The Balaban J connectivity index is 2.89. The molecule has 0 heterocycles. The number of hydrogen-bond acceptors (Lipinski definition) is 3. The minimum absolute atomic E-state index is 0.0208. The van der Waals surface area contributed by atoms with Crippen molar-refractivity contribution in [3.05, 3.63) is 41.7 Å². The Morgan fingerprint density at radius 2 is 1.88 bits per heavy atom. The van der Waals surface area contributed by atoms with Crippen LogP contribution in [0.4, 0.5) is 0 Å². The summed E-state index contributed by atoms with van der Waals surface area (Å²) in [4.78, 5) is 0.353. The average Bonchev–Trinajstić information content (AvgIpc) is 2.31. The summed E-state index contributed by atoms with van der Waals surface area (Å²) in [5.74, 6) is 0.674. The minimum atomic E-state index is -3.25. The van der Waals surface area contributed by atoms with Crippen molar-refractivity contribution in [2.75, 3.05) is 12.9 Å². The molecular formula is C13H18O3S. The highest BCUT2D eigenvalue weighted by molar-refractivity contribution is 7.91. The molecule has 1 aromatic carbocycles. The van der Waals surface area contributed by atoms with Crippen molar-refractivity contribution in [2.24, 2.45) is 0 Å². The van der Waals surface area contributed by atoms with E-state index in [-0.39, 0.29) is 5.75 Å². The second-order valence-corrected chi connectivity index (χ2v) is 5.86. The molecule has 4 heteroatoms. The Morgan fingerprint density at radius 3 is 2.35 bits per heavy atom. The second-order valence-electron chi connectivity index (χ2n) is 3.82. The van der Waals surface area contributed by atoms with Crippen LogP contribution in [0.25, 0.3) is 0 Å². The summed E-state index contributed by atoms with van der Waals surface area (Å²) in [5.41, 5.74) is 1.05. The quantitative estimate of drug-likeness (QED) is 0.759. The summed E-state index contributed by atoms with van der Waals surface area (Å²) in [6, 6.07) is 6.87. The molecule has 3 nitrogen and oxygen atoms in total. The Labute approximate surface area is 103 Å². The summed E-state index contributed by atoms with van der Waals surface area (Å²) in [6.07, 6.45) is 2.31. The van der Waals surface area contributed by atoms with Crippen LogP contribution in [-0.4, -0.2) is 21.3 Å². The SMILES string of the molecule is CC/C(=C\CS(=O)(=O)c1ccc(C)cc1)OC. The Bertz CT molecular complexity index is 478. The van der Waals surface area contributed by atoms with Crippen LogP contribution in [0, 0.1) is 6.92 Å². The molecule has 0 spiro atoms. The molecule has 0 saturated carbocycles. The molecule has 0 saturated heterocycles. The molecule has 0 unspecified atom stereocenters. The molecule has 0 amide bonds. The van der Waals surface area contributed by atoms with Gasteiger partial charge in [0.2, 0.25) is 0 Å². The zero-order valence-electron chi connectivity index (χ0n) is 10.4. The van der Waals surface area contributed by atoms with Gasteiger partial charge in [-0.15, -0.1) is 0 Å². The highest BCUT2D eigenvalue weighted by atomic mass is 32.2. The van der Waals surface area contributed by atoms with Crippen molar-refractivity contribution in [2.45, 2.75) is 25.2 Å². The van der Waals surface area contributed by atoms with Crippen LogP contribution in [-0.2, 0) is 14.6 Å². The van der Waals surface area contributed by atoms with E-state index in [9.17, 15) is 8.42 Å². The van der Waals surface area contributed by atoms with Crippen LogP contribution in [0.2, 0.25) is 0 Å². The van der Waals surface area contributed by atoms with Crippen molar-refractivity contribution in [1.29, 1.82) is 0 Å². The number of hydrogen-bond donors (Lipinski definition) is 0. The van der Waals surface area contributed by atoms with Crippen LogP contribution in [0.1, 0.15) is 18.9 Å². The lowest BCUT2D eigenvalue weighted by atomic mass is 10.2. The van der Waals surface area contributed by atoms with Gasteiger partial charge in [0.05, 0.1) is 23.5 Å². The van der Waals surface area contributed by atoms with E-state index in [0.717, 1.165) is 5.56 Å². The van der Waals surface area contributed by atoms with Gasteiger partial charge in [-0.2, -0.15) is 0 Å². The van der Waals surface area contributed by atoms with E-state index in [2.05, 4.69) is 0 Å². The first kappa shape index (κ1) is 13.8. The molecule has 1 aromatic rings. The molecule has 0 aliphatic heterocycles. The van der Waals surface area contributed by atoms with E-state index in [1.807, 2.05) is 13.8 Å². The topological polar surface area (TPSA) is 43.4 Å². The predicted octanol–water partition coefficient (Wildman–Crippen LogP) is 2.71. The molecule has 0 aromatic heterocycles. The van der Waals surface area contributed by atoms with Crippen LogP contribution in [0.5, 0.6) is 0 Å². The number of aryl methyl sites for hydroxylation is 1. The van der Waals surface area contributed by atoms with Crippen LogP contribution < -0.4 is 0 Å². The van der Waals surface area contributed by atoms with Crippen LogP contribution >= 0.6 is 0 Å². The van der Waals surface area contributed by atoms with Gasteiger partial charge in [0, 0.05) is 6.42 Å². The standard InChI is InChI=1S/C13H18O3S/c1-4-12(16-3)9-10-17(14,15)13-7-5-11(2)6-8-13/h5-9H,4,10H2,1-3H3/b12-9+. The zero-order valence-corrected chi connectivity index (χ0v) is 11.3. The molecule has 17 heavy (non-hydrogen) atoms. The van der Waals surface area contributed by atoms with E-state index in [4.69, 9.17) is 4.74 Å². The van der Waals surface area contributed by atoms with Gasteiger partial charge >= 0.3 is 0 Å². The number of allylic oxidation sites excluding steroid dienone is 1. The summed E-state index contributed by atoms with van der Waals surface area (Å²) in [6.45, 7) is 3.85. The van der Waals surface area contributed by atoms with E-state index in [1.54, 1.807) is 37.5 Å². The third-order valence-electron chi connectivity index (χ3n) is 2.52. The van der Waals surface area contributed by atoms with Crippen molar-refractivity contribution < 1.29 is 13.2 Å². The van der Waals surface area contributed by atoms with Gasteiger partial charge in [0.25, 0.3) is 0 Å². The maximum atomic E-state index is 12.0. The van der Waals surface area contributed by atoms with Crippen molar-refractivity contribution in [3.63, 3.8) is 0 Å². The van der Waals surface area contributed by atoms with Gasteiger partial charge in [-0.3, -0.25) is 0 Å². The fraction of sp³-hybridized carbons (Fsp3) is 0.385. The predicted molar refractivity (Wildman–Crippen MR) is 68.6 cm³/mol. The first-order chi connectivity index (χ1) is 7.99.